The summed E-state index contributed by atoms with van der Waals surface area (Å²) in [5, 5.41) is 16.1. The van der Waals surface area contributed by atoms with Crippen molar-refractivity contribution in [2.45, 2.75) is 50.8 Å². The molecule has 0 aromatic rings. The molecule has 0 spiro atoms. The predicted octanol–water partition coefficient (Wildman–Crippen LogP) is 0.0306. The highest BCUT2D eigenvalue weighted by Crippen LogP contribution is 2.20. The molecule has 4 unspecified atom stereocenters. The standard InChI is InChI=1S/C13H24N2O3/c1-2-14-11-8-18-7-9(11)13(17)15-10-5-3-4-6-12(10)16/h9-12,14,16H,2-8H2,1H3,(H,15,17). The second kappa shape index (κ2) is 6.50. The van der Waals surface area contributed by atoms with Crippen molar-refractivity contribution in [2.24, 2.45) is 5.92 Å². The maximum Gasteiger partial charge on any atom is 0.227 e. The molecule has 1 aliphatic carbocycles. The van der Waals surface area contributed by atoms with Gasteiger partial charge in [-0.3, -0.25) is 4.79 Å². The molecule has 3 N–H and O–H groups in total. The van der Waals surface area contributed by atoms with Gasteiger partial charge < -0.3 is 20.5 Å². The number of carbonyl (C=O) groups is 1. The summed E-state index contributed by atoms with van der Waals surface area (Å²) < 4.78 is 5.37. The molecule has 2 aliphatic rings. The number of hydrogen-bond acceptors (Lipinski definition) is 4. The smallest absolute Gasteiger partial charge is 0.227 e. The van der Waals surface area contributed by atoms with E-state index in [9.17, 15) is 9.90 Å². The maximum atomic E-state index is 12.2. The molecule has 5 nitrogen and oxygen atoms in total. The Bertz CT molecular complexity index is 285. The molecule has 104 valence electrons. The number of aliphatic hydroxyl groups is 1. The molecule has 1 amide bonds. The first-order valence-electron chi connectivity index (χ1n) is 7.02. The van der Waals surface area contributed by atoms with Crippen LogP contribution in [0.4, 0.5) is 0 Å². The van der Waals surface area contributed by atoms with Crippen LogP contribution in [-0.2, 0) is 9.53 Å². The van der Waals surface area contributed by atoms with Crippen LogP contribution in [0, 0.1) is 5.92 Å². The molecule has 0 aromatic carbocycles. The van der Waals surface area contributed by atoms with Crippen molar-refractivity contribution in [3.63, 3.8) is 0 Å². The van der Waals surface area contributed by atoms with E-state index in [0.717, 1.165) is 32.2 Å². The molecule has 1 saturated heterocycles. The molecule has 2 fully saturated rings. The normalized spacial score (nSPS) is 36.6. The number of rotatable bonds is 4. The third-order valence-electron chi connectivity index (χ3n) is 3.94. The minimum atomic E-state index is -0.386. The Morgan fingerprint density at radius 1 is 1.28 bits per heavy atom. The quantitative estimate of drug-likeness (QED) is 0.664. The van der Waals surface area contributed by atoms with E-state index in [2.05, 4.69) is 10.6 Å². The summed E-state index contributed by atoms with van der Waals surface area (Å²) in [6.45, 7) is 3.94. The average Bonchev–Trinajstić information content (AvgIpc) is 2.81. The number of aliphatic hydroxyl groups excluding tert-OH is 1. The van der Waals surface area contributed by atoms with Crippen molar-refractivity contribution in [3.8, 4) is 0 Å². The van der Waals surface area contributed by atoms with Gasteiger partial charge in [0.2, 0.25) is 5.91 Å². The lowest BCUT2D eigenvalue weighted by Crippen LogP contribution is -2.51. The number of ether oxygens (including phenoxy) is 1. The highest BCUT2D eigenvalue weighted by molar-refractivity contribution is 5.80. The van der Waals surface area contributed by atoms with Gasteiger partial charge in [0.25, 0.3) is 0 Å². The van der Waals surface area contributed by atoms with Crippen LogP contribution in [0.15, 0.2) is 0 Å². The van der Waals surface area contributed by atoms with Crippen molar-refractivity contribution >= 4 is 5.91 Å². The lowest BCUT2D eigenvalue weighted by Gasteiger charge is -2.30. The lowest BCUT2D eigenvalue weighted by atomic mass is 9.91. The second-order valence-corrected chi connectivity index (χ2v) is 5.28. The van der Waals surface area contributed by atoms with Gasteiger partial charge in [-0.05, 0) is 19.4 Å². The van der Waals surface area contributed by atoms with Crippen molar-refractivity contribution in [3.05, 3.63) is 0 Å². The average molecular weight is 256 g/mol. The van der Waals surface area contributed by atoms with E-state index in [1.807, 2.05) is 6.92 Å². The molecule has 1 aliphatic heterocycles. The molecular weight excluding hydrogens is 232 g/mol. The summed E-state index contributed by atoms with van der Waals surface area (Å²) in [5.41, 5.74) is 0. The van der Waals surface area contributed by atoms with E-state index in [4.69, 9.17) is 4.74 Å². The Morgan fingerprint density at radius 2 is 2.06 bits per heavy atom. The molecule has 4 atom stereocenters. The minimum absolute atomic E-state index is 0.0180. The number of carbonyl (C=O) groups excluding carboxylic acids is 1. The highest BCUT2D eigenvalue weighted by atomic mass is 16.5. The van der Waals surface area contributed by atoms with Gasteiger partial charge in [-0.2, -0.15) is 0 Å². The summed E-state index contributed by atoms with van der Waals surface area (Å²) in [5.74, 6) is -0.108. The van der Waals surface area contributed by atoms with Crippen molar-refractivity contribution in [1.29, 1.82) is 0 Å². The van der Waals surface area contributed by atoms with E-state index in [-0.39, 0.29) is 30.0 Å². The summed E-state index contributed by atoms with van der Waals surface area (Å²) >= 11 is 0. The summed E-state index contributed by atoms with van der Waals surface area (Å²) in [6.07, 6.45) is 3.43. The Balaban J connectivity index is 1.86. The Morgan fingerprint density at radius 3 is 2.78 bits per heavy atom. The van der Waals surface area contributed by atoms with Gasteiger partial charge in [-0.25, -0.2) is 0 Å². The SMILES string of the molecule is CCNC1COCC1C(=O)NC1CCCCC1O. The molecular formula is C13H24N2O3. The zero-order valence-electron chi connectivity index (χ0n) is 11.0. The van der Waals surface area contributed by atoms with Gasteiger partial charge in [-0.15, -0.1) is 0 Å². The largest absolute Gasteiger partial charge is 0.391 e. The molecule has 1 saturated carbocycles. The van der Waals surface area contributed by atoms with Crippen LogP contribution in [0.5, 0.6) is 0 Å². The highest BCUT2D eigenvalue weighted by Gasteiger charge is 2.35. The number of hydrogen-bond donors (Lipinski definition) is 3. The van der Waals surface area contributed by atoms with Crippen LogP contribution < -0.4 is 10.6 Å². The molecule has 5 heteroatoms. The summed E-state index contributed by atoms with van der Waals surface area (Å²) in [4.78, 5) is 12.2. The van der Waals surface area contributed by atoms with E-state index in [1.54, 1.807) is 0 Å². The lowest BCUT2D eigenvalue weighted by molar-refractivity contribution is -0.127. The van der Waals surface area contributed by atoms with E-state index in [1.165, 1.54) is 0 Å². The van der Waals surface area contributed by atoms with Crippen LogP contribution in [0.3, 0.4) is 0 Å². The molecule has 2 rings (SSSR count). The fraction of sp³-hybridized carbons (Fsp3) is 0.923. The third kappa shape index (κ3) is 3.22. The summed E-state index contributed by atoms with van der Waals surface area (Å²) in [6, 6.07) is 0.0323. The number of likely N-dealkylation sites (N-methyl/N-ethyl adjacent to an activating group) is 1. The Kier molecular flexibility index (Phi) is 4.97. The van der Waals surface area contributed by atoms with Crippen LogP contribution >= 0.6 is 0 Å². The first kappa shape index (κ1) is 13.8. The van der Waals surface area contributed by atoms with Crippen LogP contribution in [0.1, 0.15) is 32.6 Å². The van der Waals surface area contributed by atoms with Gasteiger partial charge in [0, 0.05) is 6.04 Å². The number of nitrogens with one attached hydrogen (secondary N) is 2. The van der Waals surface area contributed by atoms with Gasteiger partial charge in [-0.1, -0.05) is 19.8 Å². The van der Waals surface area contributed by atoms with Gasteiger partial charge in [0.05, 0.1) is 31.3 Å². The fourth-order valence-corrected chi connectivity index (χ4v) is 2.85. The van der Waals surface area contributed by atoms with E-state index >= 15 is 0 Å². The third-order valence-corrected chi connectivity index (χ3v) is 3.94. The first-order valence-corrected chi connectivity index (χ1v) is 7.02. The van der Waals surface area contributed by atoms with Gasteiger partial charge >= 0.3 is 0 Å². The second-order valence-electron chi connectivity index (χ2n) is 5.28. The predicted molar refractivity (Wildman–Crippen MR) is 68.2 cm³/mol. The number of amides is 1. The monoisotopic (exact) mass is 256 g/mol. The molecule has 0 bridgehead atoms. The van der Waals surface area contributed by atoms with Crippen LogP contribution in [0.25, 0.3) is 0 Å². The molecule has 18 heavy (non-hydrogen) atoms. The van der Waals surface area contributed by atoms with Crippen LogP contribution in [0.2, 0.25) is 0 Å². The molecule has 0 radical (unpaired) electrons. The first-order chi connectivity index (χ1) is 8.72. The van der Waals surface area contributed by atoms with E-state index < -0.39 is 0 Å². The van der Waals surface area contributed by atoms with Crippen LogP contribution in [-0.4, -0.2) is 49.0 Å². The Hall–Kier alpha value is -0.650. The Labute approximate surface area is 108 Å². The minimum Gasteiger partial charge on any atom is -0.391 e. The topological polar surface area (TPSA) is 70.6 Å². The van der Waals surface area contributed by atoms with Gasteiger partial charge in [0.1, 0.15) is 0 Å². The summed E-state index contributed by atoms with van der Waals surface area (Å²) in [7, 11) is 0. The fourth-order valence-electron chi connectivity index (χ4n) is 2.85. The van der Waals surface area contributed by atoms with E-state index in [0.29, 0.717) is 13.2 Å². The van der Waals surface area contributed by atoms with Crippen molar-refractivity contribution in [2.75, 3.05) is 19.8 Å². The van der Waals surface area contributed by atoms with Crippen molar-refractivity contribution < 1.29 is 14.6 Å². The molecule has 1 heterocycles. The maximum absolute atomic E-state index is 12.2. The zero-order valence-corrected chi connectivity index (χ0v) is 11.0. The zero-order chi connectivity index (χ0) is 13.0. The van der Waals surface area contributed by atoms with Crippen molar-refractivity contribution in [1.82, 2.24) is 10.6 Å². The van der Waals surface area contributed by atoms with Gasteiger partial charge in [0.15, 0.2) is 0 Å². The molecule has 0 aromatic heterocycles.